The Kier molecular flexibility index (Phi) is 3.12. The van der Waals surface area contributed by atoms with E-state index in [4.69, 9.17) is 0 Å². The van der Waals surface area contributed by atoms with Crippen molar-refractivity contribution in [1.29, 1.82) is 0 Å². The smallest absolute Gasteiger partial charge is 0.223 e. The van der Waals surface area contributed by atoms with Gasteiger partial charge in [0.05, 0.1) is 0 Å². The predicted octanol–water partition coefficient (Wildman–Crippen LogP) is 1.54. The quantitative estimate of drug-likeness (QED) is 0.780. The number of piperidine rings is 1. The minimum absolute atomic E-state index is 0.344. The normalized spacial score (nSPS) is 41.7. The maximum Gasteiger partial charge on any atom is 0.223 e. The zero-order valence-corrected chi connectivity index (χ0v) is 10.7. The number of hydrogen-bond donors (Lipinski definition) is 2. The van der Waals surface area contributed by atoms with Crippen molar-refractivity contribution in [3.05, 3.63) is 0 Å². The van der Waals surface area contributed by atoms with E-state index >= 15 is 0 Å². The summed E-state index contributed by atoms with van der Waals surface area (Å²) in [5.41, 5.74) is 0. The lowest BCUT2D eigenvalue weighted by molar-refractivity contribution is -0.124. The Morgan fingerprint density at radius 3 is 2.65 bits per heavy atom. The Morgan fingerprint density at radius 1 is 1.24 bits per heavy atom. The minimum atomic E-state index is 0.344. The van der Waals surface area contributed by atoms with Gasteiger partial charge in [-0.1, -0.05) is 6.42 Å². The molecule has 3 nitrogen and oxygen atoms in total. The Balaban J connectivity index is 1.47. The maximum atomic E-state index is 12.1. The van der Waals surface area contributed by atoms with Crippen molar-refractivity contribution in [2.45, 2.75) is 45.1 Å². The number of hydrogen-bond acceptors (Lipinski definition) is 2. The molecule has 4 atom stereocenters. The van der Waals surface area contributed by atoms with Crippen LogP contribution in [0.3, 0.4) is 0 Å². The van der Waals surface area contributed by atoms with Gasteiger partial charge in [0.15, 0.2) is 0 Å². The number of fused-ring (bicyclic) bond motifs is 1. The zero-order valence-electron chi connectivity index (χ0n) is 10.7. The van der Waals surface area contributed by atoms with Gasteiger partial charge in [-0.05, 0) is 63.5 Å². The molecule has 0 spiro atoms. The van der Waals surface area contributed by atoms with Crippen LogP contribution in [0, 0.1) is 23.7 Å². The lowest BCUT2D eigenvalue weighted by atomic mass is 9.92. The molecule has 0 aromatic carbocycles. The van der Waals surface area contributed by atoms with E-state index in [1.807, 2.05) is 0 Å². The zero-order chi connectivity index (χ0) is 11.8. The molecule has 4 unspecified atom stereocenters. The summed E-state index contributed by atoms with van der Waals surface area (Å²) in [4.78, 5) is 12.1. The summed E-state index contributed by atoms with van der Waals surface area (Å²) >= 11 is 0. The highest BCUT2D eigenvalue weighted by molar-refractivity contribution is 5.82. The minimum Gasteiger partial charge on any atom is -0.353 e. The van der Waals surface area contributed by atoms with Gasteiger partial charge in [-0.2, -0.15) is 0 Å². The van der Waals surface area contributed by atoms with Crippen molar-refractivity contribution >= 4 is 5.91 Å². The molecule has 0 bridgehead atoms. The number of carbonyl (C=O) groups excluding carboxylic acids is 1. The molecule has 96 valence electrons. The van der Waals surface area contributed by atoms with Crippen LogP contribution in [0.1, 0.15) is 39.0 Å². The van der Waals surface area contributed by atoms with E-state index in [0.29, 0.717) is 23.8 Å². The summed E-state index contributed by atoms with van der Waals surface area (Å²) in [6.07, 6.45) is 6.44. The van der Waals surface area contributed by atoms with Crippen LogP contribution in [0.4, 0.5) is 0 Å². The van der Waals surface area contributed by atoms with Crippen molar-refractivity contribution in [1.82, 2.24) is 10.6 Å². The van der Waals surface area contributed by atoms with Gasteiger partial charge in [-0.25, -0.2) is 0 Å². The molecule has 1 amide bonds. The highest BCUT2D eigenvalue weighted by Gasteiger charge is 2.56. The molecule has 3 heteroatoms. The maximum absolute atomic E-state index is 12.1. The fraction of sp³-hybridized carbons (Fsp3) is 0.929. The fourth-order valence-corrected chi connectivity index (χ4v) is 3.95. The van der Waals surface area contributed by atoms with Crippen LogP contribution in [0.2, 0.25) is 0 Å². The summed E-state index contributed by atoms with van der Waals surface area (Å²) < 4.78 is 0. The van der Waals surface area contributed by atoms with Gasteiger partial charge in [0.2, 0.25) is 5.91 Å². The van der Waals surface area contributed by atoms with Crippen LogP contribution in [-0.4, -0.2) is 25.0 Å². The van der Waals surface area contributed by atoms with Crippen molar-refractivity contribution in [2.75, 3.05) is 13.1 Å². The second-order valence-corrected chi connectivity index (χ2v) is 6.19. The van der Waals surface area contributed by atoms with Crippen LogP contribution >= 0.6 is 0 Å². The fourth-order valence-electron chi connectivity index (χ4n) is 3.95. The molecule has 0 aromatic heterocycles. The van der Waals surface area contributed by atoms with Gasteiger partial charge >= 0.3 is 0 Å². The monoisotopic (exact) mass is 236 g/mol. The Morgan fingerprint density at radius 2 is 2.00 bits per heavy atom. The van der Waals surface area contributed by atoms with Gasteiger partial charge < -0.3 is 10.6 Å². The highest BCUT2D eigenvalue weighted by atomic mass is 16.2. The SMILES string of the molecule is CC(NC(=O)C1C2CCCC21)C1CCCNC1. The van der Waals surface area contributed by atoms with Gasteiger partial charge in [0, 0.05) is 12.0 Å². The van der Waals surface area contributed by atoms with Crippen molar-refractivity contribution in [2.24, 2.45) is 23.7 Å². The Bertz CT molecular complexity index is 289. The van der Waals surface area contributed by atoms with Gasteiger partial charge in [0.25, 0.3) is 0 Å². The summed E-state index contributed by atoms with van der Waals surface area (Å²) in [5.74, 6) is 2.84. The van der Waals surface area contributed by atoms with Crippen LogP contribution in [0.25, 0.3) is 0 Å². The van der Waals surface area contributed by atoms with Crippen LogP contribution in [-0.2, 0) is 4.79 Å². The van der Waals surface area contributed by atoms with Crippen LogP contribution in [0.15, 0.2) is 0 Å². The van der Waals surface area contributed by atoms with Crippen molar-refractivity contribution in [3.8, 4) is 0 Å². The van der Waals surface area contributed by atoms with E-state index < -0.39 is 0 Å². The summed E-state index contributed by atoms with van der Waals surface area (Å²) in [6.45, 7) is 4.39. The second kappa shape index (κ2) is 4.60. The standard InChI is InChI=1S/C14H24N2O/c1-9(10-4-3-7-15-8-10)16-14(17)13-11-5-2-6-12(11)13/h9-13,15H,2-8H2,1H3,(H,16,17). The molecule has 0 aromatic rings. The number of rotatable bonds is 3. The highest BCUT2D eigenvalue weighted by Crippen LogP contribution is 2.57. The molecule has 1 aliphatic heterocycles. The first-order valence-electron chi connectivity index (χ1n) is 7.28. The van der Waals surface area contributed by atoms with Gasteiger partial charge in [0.1, 0.15) is 0 Å². The van der Waals surface area contributed by atoms with Crippen molar-refractivity contribution < 1.29 is 4.79 Å². The summed E-state index contributed by atoms with van der Waals surface area (Å²) in [6, 6.07) is 0.344. The third-order valence-corrected chi connectivity index (χ3v) is 5.12. The molecule has 3 fully saturated rings. The molecule has 2 N–H and O–H groups in total. The average Bonchev–Trinajstić information content (AvgIpc) is 2.85. The summed E-state index contributed by atoms with van der Waals surface area (Å²) in [7, 11) is 0. The first-order chi connectivity index (χ1) is 8.27. The van der Waals surface area contributed by atoms with E-state index in [1.54, 1.807) is 0 Å². The first-order valence-corrected chi connectivity index (χ1v) is 7.28. The molecule has 2 saturated carbocycles. The van der Waals surface area contributed by atoms with Crippen LogP contribution < -0.4 is 10.6 Å². The summed E-state index contributed by atoms with van der Waals surface area (Å²) in [5, 5.41) is 6.68. The van der Waals surface area contributed by atoms with E-state index in [-0.39, 0.29) is 0 Å². The molecular formula is C14H24N2O. The Hall–Kier alpha value is -0.570. The third kappa shape index (κ3) is 2.22. The van der Waals surface area contributed by atoms with Gasteiger partial charge in [-0.3, -0.25) is 4.79 Å². The van der Waals surface area contributed by atoms with Crippen LogP contribution in [0.5, 0.6) is 0 Å². The largest absolute Gasteiger partial charge is 0.353 e. The molecule has 3 rings (SSSR count). The predicted molar refractivity (Wildman–Crippen MR) is 67.5 cm³/mol. The van der Waals surface area contributed by atoms with E-state index in [9.17, 15) is 4.79 Å². The first kappa shape index (κ1) is 11.5. The lowest BCUT2D eigenvalue weighted by Crippen LogP contribution is -2.45. The van der Waals surface area contributed by atoms with E-state index in [2.05, 4.69) is 17.6 Å². The number of nitrogens with one attached hydrogen (secondary N) is 2. The van der Waals surface area contributed by atoms with Gasteiger partial charge in [-0.15, -0.1) is 0 Å². The van der Waals surface area contributed by atoms with E-state index in [1.165, 1.54) is 32.1 Å². The molecular weight excluding hydrogens is 212 g/mol. The molecule has 3 aliphatic rings. The average molecular weight is 236 g/mol. The Labute approximate surface area is 104 Å². The molecule has 1 heterocycles. The molecule has 1 saturated heterocycles. The third-order valence-electron chi connectivity index (χ3n) is 5.12. The topological polar surface area (TPSA) is 41.1 Å². The number of amides is 1. The lowest BCUT2D eigenvalue weighted by Gasteiger charge is -2.29. The number of carbonyl (C=O) groups is 1. The molecule has 2 aliphatic carbocycles. The van der Waals surface area contributed by atoms with Crippen molar-refractivity contribution in [3.63, 3.8) is 0 Å². The molecule has 17 heavy (non-hydrogen) atoms. The van der Waals surface area contributed by atoms with E-state index in [0.717, 1.165) is 24.9 Å². The second-order valence-electron chi connectivity index (χ2n) is 6.19. The molecule has 0 radical (unpaired) electrons.